The molecule has 0 radical (unpaired) electrons. The second-order valence-corrected chi connectivity index (χ2v) is 9.13. The average Bonchev–Trinajstić information content (AvgIpc) is 3.40. The summed E-state index contributed by atoms with van der Waals surface area (Å²) < 4.78 is 1.95. The Hall–Kier alpha value is -3.35. The van der Waals surface area contributed by atoms with E-state index < -0.39 is 0 Å². The molecule has 3 N–H and O–H groups in total. The van der Waals surface area contributed by atoms with E-state index in [4.69, 9.17) is 0 Å². The summed E-state index contributed by atoms with van der Waals surface area (Å²) >= 11 is 0. The van der Waals surface area contributed by atoms with Gasteiger partial charge in [0.25, 0.3) is 0 Å². The predicted molar refractivity (Wildman–Crippen MR) is 137 cm³/mol. The minimum Gasteiger partial charge on any atom is -0.358 e. The van der Waals surface area contributed by atoms with Crippen molar-refractivity contribution in [2.75, 3.05) is 17.2 Å². The molecule has 0 spiro atoms. The van der Waals surface area contributed by atoms with Gasteiger partial charge in [-0.25, -0.2) is 0 Å². The van der Waals surface area contributed by atoms with E-state index in [1.807, 2.05) is 79.3 Å². The summed E-state index contributed by atoms with van der Waals surface area (Å²) in [6, 6.07) is 15.5. The molecule has 3 aromatic rings. The summed E-state index contributed by atoms with van der Waals surface area (Å²) in [6.07, 6.45) is 10.9. The van der Waals surface area contributed by atoms with Gasteiger partial charge in [0.1, 0.15) is 17.7 Å². The maximum atomic E-state index is 13.5. The molecule has 4 rings (SSSR count). The number of amides is 1. The Balaban J connectivity index is 1.56. The molecular formula is C27H36N6O. The highest BCUT2D eigenvalue weighted by Gasteiger charge is 2.26. The second kappa shape index (κ2) is 11.7. The number of hydrogen-bond donors (Lipinski definition) is 3. The lowest BCUT2D eigenvalue weighted by Crippen LogP contribution is -2.42. The number of aromatic nitrogens is 3. The minimum absolute atomic E-state index is 0.00746. The molecule has 2 heterocycles. The fourth-order valence-electron chi connectivity index (χ4n) is 4.67. The number of nitrogens with one attached hydrogen (secondary N) is 3. The van der Waals surface area contributed by atoms with Crippen molar-refractivity contribution in [2.24, 2.45) is 5.92 Å². The zero-order valence-electron chi connectivity index (χ0n) is 20.2. The minimum atomic E-state index is -0.365. The predicted octanol–water partition coefficient (Wildman–Crippen LogP) is 5.33. The van der Waals surface area contributed by atoms with Crippen molar-refractivity contribution in [1.29, 1.82) is 0 Å². The van der Waals surface area contributed by atoms with Crippen molar-refractivity contribution in [3.8, 4) is 5.82 Å². The first-order chi connectivity index (χ1) is 16.6. The first kappa shape index (κ1) is 23.8. The maximum Gasteiger partial charge on any atom is 0.243 e. The van der Waals surface area contributed by atoms with E-state index in [2.05, 4.69) is 25.9 Å². The highest BCUT2D eigenvalue weighted by atomic mass is 16.2. The van der Waals surface area contributed by atoms with Crippen LogP contribution in [0.3, 0.4) is 0 Å². The van der Waals surface area contributed by atoms with Crippen molar-refractivity contribution >= 4 is 17.7 Å². The zero-order valence-corrected chi connectivity index (χ0v) is 20.2. The molecule has 0 bridgehead atoms. The number of carbonyl (C=O) groups excluding carboxylic acids is 1. The number of benzene rings is 1. The quantitative estimate of drug-likeness (QED) is 0.381. The summed E-state index contributed by atoms with van der Waals surface area (Å²) in [4.78, 5) is 22.8. The van der Waals surface area contributed by atoms with Crippen LogP contribution < -0.4 is 16.0 Å². The van der Waals surface area contributed by atoms with Crippen LogP contribution in [0.1, 0.15) is 64.0 Å². The largest absolute Gasteiger partial charge is 0.358 e. The van der Waals surface area contributed by atoms with Gasteiger partial charge in [0.05, 0.1) is 6.04 Å². The van der Waals surface area contributed by atoms with Crippen molar-refractivity contribution < 1.29 is 4.79 Å². The third kappa shape index (κ3) is 6.37. The van der Waals surface area contributed by atoms with Gasteiger partial charge in [-0.15, -0.1) is 0 Å². The highest BCUT2D eigenvalue weighted by molar-refractivity contribution is 5.84. The first-order valence-electron chi connectivity index (χ1n) is 12.5. The van der Waals surface area contributed by atoms with Gasteiger partial charge in [-0.1, -0.05) is 62.4 Å². The first-order valence-corrected chi connectivity index (χ1v) is 12.5. The molecule has 34 heavy (non-hydrogen) atoms. The number of rotatable bonds is 10. The Morgan fingerprint density at radius 3 is 2.50 bits per heavy atom. The standard InChI is InChI=1S/C27H36N6O/c1-3-28-27-31-24(19-25(32-27)33-16-10-11-17-33)30-23(18-21-12-6-4-7-13-21)26(34)29-20(2)22-14-8-5-9-15-22/h5,8-11,14-17,19-21,23H,3-4,6-7,12-13,18H2,1-2H3,(H,29,34)(H2,28,30,31,32)/t20-,23-/m1/s1. The van der Waals surface area contributed by atoms with E-state index in [1.165, 1.54) is 32.1 Å². The normalized spacial score (nSPS) is 15.9. The van der Waals surface area contributed by atoms with E-state index in [1.54, 1.807) is 0 Å². The van der Waals surface area contributed by atoms with Crippen LogP contribution in [-0.2, 0) is 4.79 Å². The molecule has 1 aromatic carbocycles. The third-order valence-electron chi connectivity index (χ3n) is 6.51. The number of nitrogens with zero attached hydrogens (tertiary/aromatic N) is 3. The molecule has 1 saturated carbocycles. The Labute approximate surface area is 202 Å². The summed E-state index contributed by atoms with van der Waals surface area (Å²) in [5.74, 6) is 2.51. The number of hydrogen-bond acceptors (Lipinski definition) is 5. The molecule has 1 amide bonds. The molecule has 7 nitrogen and oxygen atoms in total. The monoisotopic (exact) mass is 460 g/mol. The van der Waals surface area contributed by atoms with Crippen LogP contribution in [0, 0.1) is 5.92 Å². The highest BCUT2D eigenvalue weighted by Crippen LogP contribution is 2.29. The molecule has 7 heteroatoms. The lowest BCUT2D eigenvalue weighted by atomic mass is 9.84. The van der Waals surface area contributed by atoms with Gasteiger partial charge in [0.15, 0.2) is 0 Å². The Bertz CT molecular complexity index is 1030. The molecule has 2 aromatic heterocycles. The molecule has 0 aliphatic heterocycles. The fraction of sp³-hybridized carbons (Fsp3) is 0.444. The number of anilines is 2. The summed E-state index contributed by atoms with van der Waals surface area (Å²) in [5, 5.41) is 9.90. The molecule has 1 aliphatic carbocycles. The SMILES string of the molecule is CCNc1nc(N[C@H](CC2CCCCC2)C(=O)N[C@H](C)c2ccccc2)cc(-n2cccc2)n1. The lowest BCUT2D eigenvalue weighted by Gasteiger charge is -2.28. The van der Waals surface area contributed by atoms with Gasteiger partial charge in [0, 0.05) is 25.0 Å². The van der Waals surface area contributed by atoms with Gasteiger partial charge in [-0.3, -0.25) is 4.79 Å². The van der Waals surface area contributed by atoms with Gasteiger partial charge >= 0.3 is 0 Å². The van der Waals surface area contributed by atoms with Crippen molar-refractivity contribution in [3.63, 3.8) is 0 Å². The van der Waals surface area contributed by atoms with E-state index in [9.17, 15) is 4.79 Å². The Kier molecular flexibility index (Phi) is 8.17. The van der Waals surface area contributed by atoms with Crippen LogP contribution in [0.25, 0.3) is 5.82 Å². The molecule has 1 aliphatic rings. The van der Waals surface area contributed by atoms with Gasteiger partial charge < -0.3 is 20.5 Å². The average molecular weight is 461 g/mol. The molecular weight excluding hydrogens is 424 g/mol. The molecule has 180 valence electrons. The van der Waals surface area contributed by atoms with E-state index in [0.29, 0.717) is 17.7 Å². The smallest absolute Gasteiger partial charge is 0.243 e. The van der Waals surface area contributed by atoms with Crippen molar-refractivity contribution in [1.82, 2.24) is 19.9 Å². The third-order valence-corrected chi connectivity index (χ3v) is 6.51. The molecule has 0 saturated heterocycles. The molecule has 2 atom stereocenters. The van der Waals surface area contributed by atoms with Crippen LogP contribution in [0.15, 0.2) is 60.9 Å². The van der Waals surface area contributed by atoms with Gasteiger partial charge in [-0.05, 0) is 43.9 Å². The molecule has 0 unspecified atom stereocenters. The summed E-state index contributed by atoms with van der Waals surface area (Å²) in [5.41, 5.74) is 1.10. The van der Waals surface area contributed by atoms with E-state index >= 15 is 0 Å². The van der Waals surface area contributed by atoms with Crippen molar-refractivity contribution in [2.45, 2.75) is 64.5 Å². The van der Waals surface area contributed by atoms with Gasteiger partial charge in [-0.2, -0.15) is 9.97 Å². The topological polar surface area (TPSA) is 83.9 Å². The lowest BCUT2D eigenvalue weighted by molar-refractivity contribution is -0.122. The molecule has 1 fully saturated rings. The zero-order chi connectivity index (χ0) is 23.8. The van der Waals surface area contributed by atoms with E-state index in [0.717, 1.165) is 24.3 Å². The Morgan fingerprint density at radius 2 is 1.79 bits per heavy atom. The summed E-state index contributed by atoms with van der Waals surface area (Å²) in [7, 11) is 0. The number of carbonyl (C=O) groups is 1. The van der Waals surface area contributed by atoms with Gasteiger partial charge in [0.2, 0.25) is 11.9 Å². The Morgan fingerprint density at radius 1 is 1.06 bits per heavy atom. The second-order valence-electron chi connectivity index (χ2n) is 9.13. The van der Waals surface area contributed by atoms with E-state index in [-0.39, 0.29) is 18.0 Å². The maximum absolute atomic E-state index is 13.5. The fourth-order valence-corrected chi connectivity index (χ4v) is 4.67. The van der Waals surface area contributed by atoms with Crippen LogP contribution in [-0.4, -0.2) is 33.0 Å². The van der Waals surface area contributed by atoms with Crippen LogP contribution in [0.5, 0.6) is 0 Å². The van der Waals surface area contributed by atoms with Crippen molar-refractivity contribution in [3.05, 3.63) is 66.5 Å². The van der Waals surface area contributed by atoms with Crippen LogP contribution >= 0.6 is 0 Å². The van der Waals surface area contributed by atoms with Crippen LogP contribution in [0.2, 0.25) is 0 Å². The van der Waals surface area contributed by atoms with Crippen LogP contribution in [0.4, 0.5) is 11.8 Å². The summed E-state index contributed by atoms with van der Waals surface area (Å²) in [6.45, 7) is 4.77.